The molecule has 0 N–H and O–H groups in total. The number of benzene rings is 2. The maximum absolute atomic E-state index is 5.39. The van der Waals surface area contributed by atoms with E-state index in [2.05, 4.69) is 37.0 Å². The standard InChI is InChI=1S/C20H19N5O2S/c1-14-22-23-20(25(14)12-15-6-4-3-5-7-15)28-13-18-21-19(27-24-18)16-8-10-17(26-2)11-9-16/h3-11H,12-13H2,1-2H3. The van der Waals surface area contributed by atoms with Gasteiger partial charge in [0.05, 0.1) is 19.4 Å². The van der Waals surface area contributed by atoms with Crippen molar-refractivity contribution in [3.8, 4) is 17.2 Å². The summed E-state index contributed by atoms with van der Waals surface area (Å²) < 4.78 is 12.6. The van der Waals surface area contributed by atoms with Crippen LogP contribution in [-0.2, 0) is 12.3 Å². The van der Waals surface area contributed by atoms with E-state index in [1.807, 2.05) is 49.4 Å². The van der Waals surface area contributed by atoms with Crippen molar-refractivity contribution in [1.29, 1.82) is 0 Å². The minimum atomic E-state index is 0.486. The minimum Gasteiger partial charge on any atom is -0.497 e. The van der Waals surface area contributed by atoms with Crippen LogP contribution in [0.4, 0.5) is 0 Å². The molecule has 0 aliphatic heterocycles. The van der Waals surface area contributed by atoms with E-state index >= 15 is 0 Å². The molecule has 0 aliphatic carbocycles. The van der Waals surface area contributed by atoms with Gasteiger partial charge in [-0.25, -0.2) is 0 Å². The number of aryl methyl sites for hydroxylation is 1. The third kappa shape index (κ3) is 4.07. The summed E-state index contributed by atoms with van der Waals surface area (Å²) >= 11 is 1.54. The fourth-order valence-corrected chi connectivity index (χ4v) is 3.54. The third-order valence-corrected chi connectivity index (χ3v) is 5.18. The van der Waals surface area contributed by atoms with Crippen molar-refractivity contribution in [2.24, 2.45) is 0 Å². The average molecular weight is 393 g/mol. The molecule has 0 fully saturated rings. The number of hydrogen-bond donors (Lipinski definition) is 0. The van der Waals surface area contributed by atoms with Gasteiger partial charge in [0, 0.05) is 5.56 Å². The molecule has 0 atom stereocenters. The molecule has 28 heavy (non-hydrogen) atoms. The lowest BCUT2D eigenvalue weighted by Gasteiger charge is -2.07. The zero-order chi connectivity index (χ0) is 19.3. The molecule has 4 rings (SSSR count). The maximum atomic E-state index is 5.39. The number of aromatic nitrogens is 5. The predicted molar refractivity (Wildman–Crippen MR) is 106 cm³/mol. The molecular weight excluding hydrogens is 374 g/mol. The van der Waals surface area contributed by atoms with Crippen LogP contribution in [0, 0.1) is 6.92 Å². The lowest BCUT2D eigenvalue weighted by molar-refractivity contribution is 0.414. The maximum Gasteiger partial charge on any atom is 0.257 e. The van der Waals surface area contributed by atoms with E-state index in [1.165, 1.54) is 17.3 Å². The van der Waals surface area contributed by atoms with Crippen molar-refractivity contribution in [2.45, 2.75) is 24.4 Å². The van der Waals surface area contributed by atoms with E-state index in [9.17, 15) is 0 Å². The van der Waals surface area contributed by atoms with Crippen molar-refractivity contribution in [3.05, 3.63) is 71.8 Å². The summed E-state index contributed by atoms with van der Waals surface area (Å²) in [5.41, 5.74) is 2.06. The molecule has 0 unspecified atom stereocenters. The monoisotopic (exact) mass is 393 g/mol. The van der Waals surface area contributed by atoms with Gasteiger partial charge in [-0.15, -0.1) is 10.2 Å². The SMILES string of the molecule is COc1ccc(-c2nc(CSc3nnc(C)n3Cc3ccccc3)no2)cc1. The molecule has 0 aliphatic rings. The van der Waals surface area contributed by atoms with Crippen molar-refractivity contribution >= 4 is 11.8 Å². The second kappa shape index (κ2) is 8.26. The van der Waals surface area contributed by atoms with Crippen LogP contribution < -0.4 is 4.74 Å². The molecule has 7 nitrogen and oxygen atoms in total. The molecule has 2 aromatic heterocycles. The Morgan fingerprint density at radius 3 is 2.57 bits per heavy atom. The summed E-state index contributed by atoms with van der Waals surface area (Å²) in [5, 5.41) is 13.4. The van der Waals surface area contributed by atoms with E-state index in [-0.39, 0.29) is 0 Å². The summed E-state index contributed by atoms with van der Waals surface area (Å²) in [7, 11) is 1.63. The van der Waals surface area contributed by atoms with Gasteiger partial charge in [0.15, 0.2) is 11.0 Å². The van der Waals surface area contributed by atoms with Gasteiger partial charge in [-0.2, -0.15) is 4.98 Å². The lowest BCUT2D eigenvalue weighted by Crippen LogP contribution is -2.04. The van der Waals surface area contributed by atoms with Gasteiger partial charge in [0.25, 0.3) is 5.89 Å². The lowest BCUT2D eigenvalue weighted by atomic mass is 10.2. The van der Waals surface area contributed by atoms with Gasteiger partial charge in [0.2, 0.25) is 0 Å². The Hall–Kier alpha value is -3.13. The molecule has 0 saturated heterocycles. The first kappa shape index (κ1) is 18.2. The Morgan fingerprint density at radius 2 is 1.82 bits per heavy atom. The normalized spacial score (nSPS) is 10.9. The largest absolute Gasteiger partial charge is 0.497 e. The molecule has 0 saturated carbocycles. The van der Waals surface area contributed by atoms with Crippen LogP contribution in [0.1, 0.15) is 17.2 Å². The topological polar surface area (TPSA) is 78.9 Å². The second-order valence-corrected chi connectivity index (χ2v) is 7.08. The molecule has 142 valence electrons. The summed E-state index contributed by atoms with van der Waals surface area (Å²) in [6.45, 7) is 2.68. The predicted octanol–water partition coefficient (Wildman–Crippen LogP) is 3.99. The van der Waals surface area contributed by atoms with Crippen LogP contribution in [0.15, 0.2) is 64.3 Å². The highest BCUT2D eigenvalue weighted by atomic mass is 32.2. The summed E-state index contributed by atoms with van der Waals surface area (Å²) in [5.74, 6) is 3.31. The second-order valence-electron chi connectivity index (χ2n) is 6.13. The summed E-state index contributed by atoms with van der Waals surface area (Å²) in [6, 6.07) is 17.8. The van der Waals surface area contributed by atoms with Crippen molar-refractivity contribution in [3.63, 3.8) is 0 Å². The minimum absolute atomic E-state index is 0.486. The average Bonchev–Trinajstić information content (AvgIpc) is 3.35. The molecule has 0 spiro atoms. The molecular formula is C20H19N5O2S. The number of thioether (sulfide) groups is 1. The molecule has 2 heterocycles. The molecule has 2 aromatic carbocycles. The van der Waals surface area contributed by atoms with Crippen molar-refractivity contribution in [2.75, 3.05) is 7.11 Å². The first-order valence-electron chi connectivity index (χ1n) is 8.76. The summed E-state index contributed by atoms with van der Waals surface area (Å²) in [4.78, 5) is 4.47. The third-order valence-electron chi connectivity index (χ3n) is 4.22. The zero-order valence-corrected chi connectivity index (χ0v) is 16.4. The number of rotatable bonds is 7. The number of ether oxygens (including phenoxy) is 1. The van der Waals surface area contributed by atoms with Crippen LogP contribution in [-0.4, -0.2) is 32.0 Å². The van der Waals surface area contributed by atoms with E-state index < -0.39 is 0 Å². The molecule has 0 bridgehead atoms. The Bertz CT molecular complexity index is 1040. The molecule has 0 amide bonds. The fraction of sp³-hybridized carbons (Fsp3) is 0.200. The highest BCUT2D eigenvalue weighted by Crippen LogP contribution is 2.24. The van der Waals surface area contributed by atoms with Gasteiger partial charge >= 0.3 is 0 Å². The van der Waals surface area contributed by atoms with Crippen LogP contribution in [0.5, 0.6) is 5.75 Å². The Balaban J connectivity index is 1.44. The Labute approximate surface area is 166 Å². The quantitative estimate of drug-likeness (QED) is 0.439. The van der Waals surface area contributed by atoms with Gasteiger partial charge in [0.1, 0.15) is 11.6 Å². The van der Waals surface area contributed by atoms with E-state index in [0.717, 1.165) is 28.8 Å². The van der Waals surface area contributed by atoms with E-state index in [1.54, 1.807) is 7.11 Å². The number of nitrogens with zero attached hydrogens (tertiary/aromatic N) is 5. The van der Waals surface area contributed by atoms with Gasteiger partial charge in [-0.05, 0) is 36.8 Å². The highest BCUT2D eigenvalue weighted by Gasteiger charge is 2.14. The van der Waals surface area contributed by atoms with Gasteiger partial charge in [-0.1, -0.05) is 47.3 Å². The highest BCUT2D eigenvalue weighted by molar-refractivity contribution is 7.98. The van der Waals surface area contributed by atoms with E-state index in [4.69, 9.17) is 9.26 Å². The first-order valence-corrected chi connectivity index (χ1v) is 9.75. The van der Waals surface area contributed by atoms with Crippen LogP contribution in [0.25, 0.3) is 11.5 Å². The van der Waals surface area contributed by atoms with Crippen molar-refractivity contribution < 1.29 is 9.26 Å². The van der Waals surface area contributed by atoms with Crippen molar-refractivity contribution in [1.82, 2.24) is 24.9 Å². The van der Waals surface area contributed by atoms with Crippen LogP contribution in [0.2, 0.25) is 0 Å². The Kier molecular flexibility index (Phi) is 5.38. The summed E-state index contributed by atoms with van der Waals surface area (Å²) in [6.07, 6.45) is 0. The molecule has 8 heteroatoms. The zero-order valence-electron chi connectivity index (χ0n) is 15.6. The van der Waals surface area contributed by atoms with Crippen LogP contribution in [0.3, 0.4) is 0 Å². The molecule has 0 radical (unpaired) electrons. The number of methoxy groups -OCH3 is 1. The smallest absolute Gasteiger partial charge is 0.257 e. The van der Waals surface area contributed by atoms with Gasteiger partial charge in [-0.3, -0.25) is 0 Å². The van der Waals surface area contributed by atoms with E-state index in [0.29, 0.717) is 17.5 Å². The van der Waals surface area contributed by atoms with Crippen LogP contribution >= 0.6 is 11.8 Å². The van der Waals surface area contributed by atoms with Gasteiger partial charge < -0.3 is 13.8 Å². The Morgan fingerprint density at radius 1 is 1.04 bits per heavy atom. The fourth-order valence-electron chi connectivity index (χ4n) is 2.71. The molecule has 4 aromatic rings. The number of hydrogen-bond acceptors (Lipinski definition) is 7. The first-order chi connectivity index (χ1) is 13.7.